The second-order valence-corrected chi connectivity index (χ2v) is 6.14. The molecule has 96 valence electrons. The fourth-order valence-electron chi connectivity index (χ4n) is 3.52. The number of rotatable bonds is 3. The molecule has 18 heavy (non-hydrogen) atoms. The minimum atomic E-state index is 0.840. The van der Waals surface area contributed by atoms with Crippen molar-refractivity contribution in [1.82, 2.24) is 14.9 Å². The fraction of sp³-hybridized carbons (Fsp3) is 0.714. The molecule has 2 saturated heterocycles. The minimum absolute atomic E-state index is 0.840. The summed E-state index contributed by atoms with van der Waals surface area (Å²) in [5, 5.41) is 0. The van der Waals surface area contributed by atoms with Crippen molar-refractivity contribution in [3.05, 3.63) is 18.5 Å². The smallest absolute Gasteiger partial charge is 0.225 e. The molecule has 4 nitrogen and oxygen atoms in total. The van der Waals surface area contributed by atoms with Gasteiger partial charge in [0.05, 0.1) is 0 Å². The first-order chi connectivity index (χ1) is 8.88. The number of hydrogen-bond acceptors (Lipinski definition) is 4. The molecule has 0 N–H and O–H groups in total. The van der Waals surface area contributed by atoms with Crippen molar-refractivity contribution >= 4 is 5.95 Å². The first kappa shape index (κ1) is 10.7. The second-order valence-electron chi connectivity index (χ2n) is 6.14. The maximum absolute atomic E-state index is 4.37. The maximum atomic E-state index is 4.37. The van der Waals surface area contributed by atoms with Crippen LogP contribution < -0.4 is 4.90 Å². The zero-order valence-electron chi connectivity index (χ0n) is 10.7. The Kier molecular flexibility index (Phi) is 2.50. The third-order valence-corrected chi connectivity index (χ3v) is 4.61. The van der Waals surface area contributed by atoms with Gasteiger partial charge in [0.1, 0.15) is 0 Å². The van der Waals surface area contributed by atoms with E-state index in [-0.39, 0.29) is 0 Å². The highest BCUT2D eigenvalue weighted by Crippen LogP contribution is 2.36. The van der Waals surface area contributed by atoms with Crippen molar-refractivity contribution in [2.45, 2.75) is 12.8 Å². The Morgan fingerprint density at radius 1 is 1.00 bits per heavy atom. The topological polar surface area (TPSA) is 32.3 Å². The highest BCUT2D eigenvalue weighted by molar-refractivity contribution is 5.31. The molecule has 4 heteroatoms. The molecular formula is C14H20N4. The van der Waals surface area contributed by atoms with Crippen LogP contribution in [0.3, 0.4) is 0 Å². The Morgan fingerprint density at radius 2 is 1.67 bits per heavy atom. The highest BCUT2D eigenvalue weighted by atomic mass is 15.3. The molecule has 4 rings (SSSR count). The van der Waals surface area contributed by atoms with Crippen LogP contribution in [-0.2, 0) is 0 Å². The number of likely N-dealkylation sites (tertiary alicyclic amines) is 1. The Hall–Kier alpha value is -1.16. The van der Waals surface area contributed by atoms with Gasteiger partial charge in [0.25, 0.3) is 0 Å². The van der Waals surface area contributed by atoms with Gasteiger partial charge >= 0.3 is 0 Å². The Morgan fingerprint density at radius 3 is 2.28 bits per heavy atom. The van der Waals surface area contributed by atoms with E-state index in [2.05, 4.69) is 19.8 Å². The predicted octanol–water partition coefficient (Wildman–Crippen LogP) is 1.25. The molecule has 0 amide bonds. The van der Waals surface area contributed by atoms with Crippen molar-refractivity contribution in [3.8, 4) is 0 Å². The Balaban J connectivity index is 1.38. The van der Waals surface area contributed by atoms with Crippen LogP contribution in [0, 0.1) is 17.8 Å². The fourth-order valence-corrected chi connectivity index (χ4v) is 3.52. The lowest BCUT2D eigenvalue weighted by molar-refractivity contribution is 0.303. The molecule has 0 bridgehead atoms. The Bertz CT molecular complexity index is 403. The molecule has 1 aromatic heterocycles. The van der Waals surface area contributed by atoms with Gasteiger partial charge in [0, 0.05) is 45.1 Å². The van der Waals surface area contributed by atoms with Crippen molar-refractivity contribution in [3.63, 3.8) is 0 Å². The monoisotopic (exact) mass is 244 g/mol. The molecule has 3 heterocycles. The van der Waals surface area contributed by atoms with Crippen LogP contribution in [0.25, 0.3) is 0 Å². The van der Waals surface area contributed by atoms with Gasteiger partial charge in [-0.2, -0.15) is 0 Å². The van der Waals surface area contributed by atoms with Crippen LogP contribution in [0.5, 0.6) is 0 Å². The van der Waals surface area contributed by atoms with Gasteiger partial charge in [-0.1, -0.05) is 0 Å². The summed E-state index contributed by atoms with van der Waals surface area (Å²) in [4.78, 5) is 13.8. The zero-order valence-corrected chi connectivity index (χ0v) is 10.7. The van der Waals surface area contributed by atoms with E-state index in [0.29, 0.717) is 0 Å². The SMILES string of the molecule is c1cnc(N2C[C@@H]3CN(CC4CC4)C[C@H]3C2)nc1. The van der Waals surface area contributed by atoms with Crippen LogP contribution in [0.1, 0.15) is 12.8 Å². The molecule has 1 aliphatic carbocycles. The lowest BCUT2D eigenvalue weighted by atomic mass is 10.0. The maximum Gasteiger partial charge on any atom is 0.225 e. The van der Waals surface area contributed by atoms with Crippen molar-refractivity contribution in [2.75, 3.05) is 37.6 Å². The standard InChI is InChI=1S/C14H20N4/c1-4-15-14(16-5-1)18-9-12-7-17(6-11-2-3-11)8-13(12)10-18/h1,4-5,11-13H,2-3,6-10H2/t12-,13-/m0/s1. The largest absolute Gasteiger partial charge is 0.340 e. The molecule has 1 saturated carbocycles. The van der Waals surface area contributed by atoms with Crippen LogP contribution in [0.15, 0.2) is 18.5 Å². The number of fused-ring (bicyclic) bond motifs is 1. The summed E-state index contributed by atoms with van der Waals surface area (Å²) in [7, 11) is 0. The van der Waals surface area contributed by atoms with E-state index in [0.717, 1.165) is 36.8 Å². The van der Waals surface area contributed by atoms with Crippen molar-refractivity contribution < 1.29 is 0 Å². The number of anilines is 1. The van der Waals surface area contributed by atoms with E-state index in [1.807, 2.05) is 18.5 Å². The average Bonchev–Trinajstić information content (AvgIpc) is 2.98. The Labute approximate surface area is 108 Å². The van der Waals surface area contributed by atoms with Crippen LogP contribution in [0.2, 0.25) is 0 Å². The minimum Gasteiger partial charge on any atom is -0.340 e. The third-order valence-electron chi connectivity index (χ3n) is 4.61. The third kappa shape index (κ3) is 1.99. The summed E-state index contributed by atoms with van der Waals surface area (Å²) in [6, 6.07) is 1.89. The lowest BCUT2D eigenvalue weighted by Gasteiger charge is -2.21. The van der Waals surface area contributed by atoms with E-state index >= 15 is 0 Å². The van der Waals surface area contributed by atoms with Gasteiger partial charge in [0.2, 0.25) is 5.95 Å². The first-order valence-electron chi connectivity index (χ1n) is 7.13. The molecule has 0 radical (unpaired) electrons. The van der Waals surface area contributed by atoms with E-state index in [9.17, 15) is 0 Å². The van der Waals surface area contributed by atoms with Crippen LogP contribution in [0.4, 0.5) is 5.95 Å². The molecule has 2 atom stereocenters. The van der Waals surface area contributed by atoms with E-state index in [4.69, 9.17) is 0 Å². The second kappa shape index (κ2) is 4.19. The highest BCUT2D eigenvalue weighted by Gasteiger charge is 2.41. The molecule has 3 aliphatic rings. The number of aromatic nitrogens is 2. The quantitative estimate of drug-likeness (QED) is 0.801. The van der Waals surface area contributed by atoms with E-state index < -0.39 is 0 Å². The molecular weight excluding hydrogens is 224 g/mol. The zero-order chi connectivity index (χ0) is 11.9. The molecule has 2 aliphatic heterocycles. The van der Waals surface area contributed by atoms with Gasteiger partial charge in [0.15, 0.2) is 0 Å². The molecule has 0 aromatic carbocycles. The lowest BCUT2D eigenvalue weighted by Crippen LogP contribution is -2.30. The average molecular weight is 244 g/mol. The van der Waals surface area contributed by atoms with Crippen LogP contribution >= 0.6 is 0 Å². The summed E-state index contributed by atoms with van der Waals surface area (Å²) < 4.78 is 0. The van der Waals surface area contributed by atoms with Crippen LogP contribution in [-0.4, -0.2) is 47.6 Å². The normalized spacial score (nSPS) is 31.9. The molecule has 1 aromatic rings. The number of nitrogens with zero attached hydrogens (tertiary/aromatic N) is 4. The molecule has 0 unspecified atom stereocenters. The summed E-state index contributed by atoms with van der Waals surface area (Å²) in [6.07, 6.45) is 6.62. The predicted molar refractivity (Wildman–Crippen MR) is 70.4 cm³/mol. The van der Waals surface area contributed by atoms with Gasteiger partial charge < -0.3 is 9.80 Å². The van der Waals surface area contributed by atoms with Gasteiger partial charge in [-0.25, -0.2) is 9.97 Å². The molecule has 0 spiro atoms. The summed E-state index contributed by atoms with van der Waals surface area (Å²) >= 11 is 0. The first-order valence-corrected chi connectivity index (χ1v) is 7.13. The van der Waals surface area contributed by atoms with Gasteiger partial charge in [-0.05, 0) is 36.7 Å². The summed E-state index contributed by atoms with van der Waals surface area (Å²) in [5.74, 6) is 3.62. The van der Waals surface area contributed by atoms with Gasteiger partial charge in [-0.15, -0.1) is 0 Å². The summed E-state index contributed by atoms with van der Waals surface area (Å²) in [5.41, 5.74) is 0. The van der Waals surface area contributed by atoms with Gasteiger partial charge in [-0.3, -0.25) is 0 Å². The van der Waals surface area contributed by atoms with Crippen molar-refractivity contribution in [1.29, 1.82) is 0 Å². The van der Waals surface area contributed by atoms with E-state index in [1.54, 1.807) is 0 Å². The van der Waals surface area contributed by atoms with E-state index in [1.165, 1.54) is 32.5 Å². The number of hydrogen-bond donors (Lipinski definition) is 0. The molecule has 3 fully saturated rings. The van der Waals surface area contributed by atoms with Crippen molar-refractivity contribution in [2.24, 2.45) is 17.8 Å². The summed E-state index contributed by atoms with van der Waals surface area (Å²) in [6.45, 7) is 6.25.